The molecular formula is C15H14ClFN2O. The number of amides is 1. The fourth-order valence-corrected chi connectivity index (χ4v) is 2.05. The molecule has 0 heterocycles. The predicted molar refractivity (Wildman–Crippen MR) is 79.3 cm³/mol. The molecule has 2 aromatic carbocycles. The molecule has 2 rings (SSSR count). The van der Waals surface area contributed by atoms with Gasteiger partial charge in [-0.2, -0.15) is 0 Å². The molecule has 0 bridgehead atoms. The topological polar surface area (TPSA) is 55.1 Å². The van der Waals surface area contributed by atoms with Crippen LogP contribution in [-0.2, 0) is 11.2 Å². The normalized spacial score (nSPS) is 10.3. The van der Waals surface area contributed by atoms with Gasteiger partial charge in [0.1, 0.15) is 5.82 Å². The molecule has 0 aromatic heterocycles. The number of rotatable bonds is 3. The maximum Gasteiger partial charge on any atom is 0.228 e. The Kier molecular flexibility index (Phi) is 4.25. The number of benzene rings is 2. The fraction of sp³-hybridized carbons (Fsp3) is 0.133. The Balaban J connectivity index is 2.11. The van der Waals surface area contributed by atoms with Crippen molar-refractivity contribution in [3.63, 3.8) is 0 Å². The van der Waals surface area contributed by atoms with Gasteiger partial charge in [0.25, 0.3) is 0 Å². The van der Waals surface area contributed by atoms with E-state index in [0.29, 0.717) is 11.4 Å². The summed E-state index contributed by atoms with van der Waals surface area (Å²) in [5.41, 5.74) is 8.04. The third-order valence-electron chi connectivity index (χ3n) is 2.95. The maximum absolute atomic E-state index is 13.6. The first kappa shape index (κ1) is 14.3. The molecule has 1 amide bonds. The van der Waals surface area contributed by atoms with Gasteiger partial charge in [-0.15, -0.1) is 0 Å². The average molecular weight is 293 g/mol. The van der Waals surface area contributed by atoms with Gasteiger partial charge in [0.05, 0.1) is 6.42 Å². The molecule has 20 heavy (non-hydrogen) atoms. The van der Waals surface area contributed by atoms with Gasteiger partial charge in [0.15, 0.2) is 0 Å². The van der Waals surface area contributed by atoms with E-state index in [-0.39, 0.29) is 22.9 Å². The predicted octanol–water partition coefficient (Wildman–Crippen LogP) is 3.55. The van der Waals surface area contributed by atoms with Crippen molar-refractivity contribution in [2.75, 3.05) is 11.1 Å². The Morgan fingerprint density at radius 1 is 1.35 bits per heavy atom. The summed E-state index contributed by atoms with van der Waals surface area (Å²) >= 11 is 5.89. The second-order valence-corrected chi connectivity index (χ2v) is 4.90. The molecule has 2 aromatic rings. The van der Waals surface area contributed by atoms with E-state index in [2.05, 4.69) is 5.32 Å². The second-order valence-electron chi connectivity index (χ2n) is 4.50. The fourth-order valence-electron chi connectivity index (χ4n) is 1.82. The molecule has 0 radical (unpaired) electrons. The minimum absolute atomic E-state index is 0.116. The van der Waals surface area contributed by atoms with E-state index in [0.717, 1.165) is 5.56 Å². The van der Waals surface area contributed by atoms with Crippen LogP contribution in [0.2, 0.25) is 5.02 Å². The summed E-state index contributed by atoms with van der Waals surface area (Å²) in [6, 6.07) is 9.51. The molecule has 0 spiro atoms. The molecule has 0 aliphatic rings. The summed E-state index contributed by atoms with van der Waals surface area (Å²) in [6.45, 7) is 1.85. The van der Waals surface area contributed by atoms with E-state index < -0.39 is 5.82 Å². The monoisotopic (exact) mass is 292 g/mol. The number of carbonyl (C=O) groups excluding carboxylic acids is 1. The van der Waals surface area contributed by atoms with Crippen LogP contribution in [0.5, 0.6) is 0 Å². The van der Waals surface area contributed by atoms with Crippen molar-refractivity contribution in [2.24, 2.45) is 0 Å². The van der Waals surface area contributed by atoms with Gasteiger partial charge in [-0.3, -0.25) is 4.79 Å². The highest BCUT2D eigenvalue weighted by atomic mass is 35.5. The van der Waals surface area contributed by atoms with Crippen molar-refractivity contribution in [1.82, 2.24) is 0 Å². The molecule has 0 fully saturated rings. The lowest BCUT2D eigenvalue weighted by molar-refractivity contribution is -0.115. The van der Waals surface area contributed by atoms with E-state index in [1.54, 1.807) is 24.3 Å². The maximum atomic E-state index is 13.6. The first-order valence-corrected chi connectivity index (χ1v) is 6.44. The number of carbonyl (C=O) groups is 1. The van der Waals surface area contributed by atoms with Crippen LogP contribution >= 0.6 is 11.6 Å². The van der Waals surface area contributed by atoms with Gasteiger partial charge < -0.3 is 11.1 Å². The van der Waals surface area contributed by atoms with Crippen LogP contribution in [0.1, 0.15) is 11.1 Å². The third-order valence-corrected chi connectivity index (χ3v) is 3.31. The van der Waals surface area contributed by atoms with E-state index in [1.807, 2.05) is 6.92 Å². The van der Waals surface area contributed by atoms with Gasteiger partial charge in [-0.05, 0) is 42.8 Å². The van der Waals surface area contributed by atoms with E-state index >= 15 is 0 Å². The first-order chi connectivity index (χ1) is 9.47. The smallest absolute Gasteiger partial charge is 0.228 e. The van der Waals surface area contributed by atoms with Crippen molar-refractivity contribution >= 4 is 28.9 Å². The molecule has 0 aliphatic carbocycles. The number of halogens is 2. The van der Waals surface area contributed by atoms with E-state index in [1.165, 1.54) is 12.1 Å². The zero-order valence-corrected chi connectivity index (χ0v) is 11.7. The number of aryl methyl sites for hydroxylation is 1. The van der Waals surface area contributed by atoms with Crippen molar-refractivity contribution in [2.45, 2.75) is 13.3 Å². The number of anilines is 2. The summed E-state index contributed by atoms with van der Waals surface area (Å²) in [6.07, 6.45) is -0.116. The van der Waals surface area contributed by atoms with Gasteiger partial charge in [0, 0.05) is 22.0 Å². The first-order valence-electron chi connectivity index (χ1n) is 6.06. The molecule has 104 valence electrons. The average Bonchev–Trinajstić information content (AvgIpc) is 2.38. The molecule has 3 N–H and O–H groups in total. The Bertz CT molecular complexity index is 638. The van der Waals surface area contributed by atoms with Crippen molar-refractivity contribution in [3.05, 3.63) is 58.4 Å². The Morgan fingerprint density at radius 3 is 2.75 bits per heavy atom. The standard InChI is InChI=1S/C15H14ClFN2O/c1-9-7-10(5-6-14(9)18)19-15(20)8-11-12(16)3-2-4-13(11)17/h2-7H,8,18H2,1H3,(H,19,20). The molecule has 0 saturated heterocycles. The summed E-state index contributed by atoms with van der Waals surface area (Å²) in [5, 5.41) is 2.94. The number of nitrogens with two attached hydrogens (primary N) is 1. The minimum atomic E-state index is -0.485. The lowest BCUT2D eigenvalue weighted by Crippen LogP contribution is -2.15. The highest BCUT2D eigenvalue weighted by molar-refractivity contribution is 6.31. The zero-order valence-electron chi connectivity index (χ0n) is 10.9. The lowest BCUT2D eigenvalue weighted by Gasteiger charge is -2.09. The number of hydrogen-bond donors (Lipinski definition) is 2. The number of nitrogen functional groups attached to an aromatic ring is 1. The Labute approximate surface area is 121 Å². The Hall–Kier alpha value is -2.07. The Morgan fingerprint density at radius 2 is 2.10 bits per heavy atom. The van der Waals surface area contributed by atoms with Crippen LogP contribution in [-0.4, -0.2) is 5.91 Å². The van der Waals surface area contributed by atoms with Gasteiger partial charge in [-0.25, -0.2) is 4.39 Å². The molecule has 0 aliphatic heterocycles. The summed E-state index contributed by atoms with van der Waals surface area (Å²) in [5.74, 6) is -0.817. The van der Waals surface area contributed by atoms with Crippen LogP contribution in [0.15, 0.2) is 36.4 Å². The second kappa shape index (κ2) is 5.92. The largest absolute Gasteiger partial charge is 0.399 e. The lowest BCUT2D eigenvalue weighted by atomic mass is 10.1. The molecular weight excluding hydrogens is 279 g/mol. The van der Waals surface area contributed by atoms with Crippen LogP contribution in [0.4, 0.5) is 15.8 Å². The zero-order chi connectivity index (χ0) is 14.7. The molecule has 0 unspecified atom stereocenters. The third kappa shape index (κ3) is 3.27. The molecule has 0 atom stereocenters. The van der Waals surface area contributed by atoms with Crippen molar-refractivity contribution in [3.8, 4) is 0 Å². The summed E-state index contributed by atoms with van der Waals surface area (Å²) in [4.78, 5) is 11.9. The van der Waals surface area contributed by atoms with Gasteiger partial charge in [-0.1, -0.05) is 17.7 Å². The minimum Gasteiger partial charge on any atom is -0.399 e. The summed E-state index contributed by atoms with van der Waals surface area (Å²) in [7, 11) is 0. The highest BCUT2D eigenvalue weighted by Gasteiger charge is 2.12. The van der Waals surface area contributed by atoms with Crippen molar-refractivity contribution < 1.29 is 9.18 Å². The summed E-state index contributed by atoms with van der Waals surface area (Å²) < 4.78 is 13.6. The van der Waals surface area contributed by atoms with Gasteiger partial charge in [0.2, 0.25) is 5.91 Å². The van der Waals surface area contributed by atoms with E-state index in [9.17, 15) is 9.18 Å². The van der Waals surface area contributed by atoms with Crippen LogP contribution in [0.25, 0.3) is 0 Å². The van der Waals surface area contributed by atoms with E-state index in [4.69, 9.17) is 17.3 Å². The quantitative estimate of drug-likeness (QED) is 0.850. The number of nitrogens with one attached hydrogen (secondary N) is 1. The van der Waals surface area contributed by atoms with Gasteiger partial charge >= 0.3 is 0 Å². The molecule has 0 saturated carbocycles. The van der Waals surface area contributed by atoms with Crippen LogP contribution < -0.4 is 11.1 Å². The van der Waals surface area contributed by atoms with Crippen molar-refractivity contribution in [1.29, 1.82) is 0 Å². The molecule has 3 nitrogen and oxygen atoms in total. The van der Waals surface area contributed by atoms with Crippen LogP contribution in [0.3, 0.4) is 0 Å². The SMILES string of the molecule is Cc1cc(NC(=O)Cc2c(F)cccc2Cl)ccc1N. The highest BCUT2D eigenvalue weighted by Crippen LogP contribution is 2.21. The number of hydrogen-bond acceptors (Lipinski definition) is 2. The molecule has 5 heteroatoms. The van der Waals surface area contributed by atoms with Crippen LogP contribution in [0, 0.1) is 12.7 Å².